The highest BCUT2D eigenvalue weighted by Gasteiger charge is 2.27. The molecule has 2 rings (SSSR count). The van der Waals surface area contributed by atoms with Crippen molar-refractivity contribution in [1.29, 1.82) is 0 Å². The van der Waals surface area contributed by atoms with Crippen LogP contribution >= 0.6 is 0 Å². The number of para-hydroxylation sites is 1. The predicted molar refractivity (Wildman–Crippen MR) is 142 cm³/mol. The number of nitrogens with one attached hydrogen (secondary N) is 1. The lowest BCUT2D eigenvalue weighted by Gasteiger charge is -2.30. The molecular weight excluding hydrogens is 462 g/mol. The lowest BCUT2D eigenvalue weighted by molar-refractivity contribution is -0.140. The number of benzene rings is 2. The molecule has 192 valence electrons. The first kappa shape index (κ1) is 28.4. The number of sulfonamides is 1. The predicted octanol–water partition coefficient (Wildman–Crippen LogP) is 4.18. The molecule has 2 aromatic carbocycles. The van der Waals surface area contributed by atoms with Crippen LogP contribution in [0.25, 0.3) is 0 Å². The Bertz CT molecular complexity index is 1120. The van der Waals surface area contributed by atoms with Gasteiger partial charge in [0.25, 0.3) is 0 Å². The molecule has 0 aliphatic carbocycles. The minimum absolute atomic E-state index is 0.0123. The molecule has 0 aliphatic rings. The molecule has 0 fully saturated rings. The van der Waals surface area contributed by atoms with Gasteiger partial charge in [0, 0.05) is 25.6 Å². The molecule has 0 radical (unpaired) electrons. The first-order valence-electron chi connectivity index (χ1n) is 12.1. The van der Waals surface area contributed by atoms with Crippen molar-refractivity contribution in [2.24, 2.45) is 0 Å². The lowest BCUT2D eigenvalue weighted by Crippen LogP contribution is -2.49. The molecule has 2 amide bonds. The maximum Gasteiger partial charge on any atom is 0.242 e. The molecule has 0 saturated heterocycles. The molecule has 0 heterocycles. The molecule has 8 heteroatoms. The van der Waals surface area contributed by atoms with Crippen LogP contribution in [0.3, 0.4) is 0 Å². The summed E-state index contributed by atoms with van der Waals surface area (Å²) in [5, 5.41) is 2.96. The summed E-state index contributed by atoms with van der Waals surface area (Å²) >= 11 is 0. The number of amides is 2. The maximum atomic E-state index is 13.3. The fourth-order valence-corrected chi connectivity index (χ4v) is 4.90. The minimum atomic E-state index is -3.51. The van der Waals surface area contributed by atoms with Crippen molar-refractivity contribution in [3.8, 4) is 0 Å². The van der Waals surface area contributed by atoms with E-state index in [0.717, 1.165) is 23.1 Å². The highest BCUT2D eigenvalue weighted by atomic mass is 32.2. The van der Waals surface area contributed by atoms with E-state index in [0.29, 0.717) is 18.7 Å². The zero-order valence-corrected chi connectivity index (χ0v) is 22.6. The second-order valence-corrected chi connectivity index (χ2v) is 11.1. The summed E-state index contributed by atoms with van der Waals surface area (Å²) in [6.07, 6.45) is 2.44. The summed E-state index contributed by atoms with van der Waals surface area (Å²) in [6, 6.07) is 14.5. The number of carbonyl (C=O) groups is 2. The number of carbonyl (C=O) groups excluding carboxylic acids is 2. The van der Waals surface area contributed by atoms with E-state index in [9.17, 15) is 18.0 Å². The third kappa shape index (κ3) is 8.38. The van der Waals surface area contributed by atoms with Gasteiger partial charge >= 0.3 is 0 Å². The second-order valence-electron chi connectivity index (χ2n) is 9.23. The lowest BCUT2D eigenvalue weighted by atomic mass is 10.1. The fourth-order valence-electron chi connectivity index (χ4n) is 3.88. The van der Waals surface area contributed by atoms with Gasteiger partial charge < -0.3 is 10.2 Å². The largest absolute Gasteiger partial charge is 0.352 e. The molecule has 0 saturated carbocycles. The van der Waals surface area contributed by atoms with Crippen LogP contribution in [-0.4, -0.2) is 50.0 Å². The Kier molecular flexibility index (Phi) is 10.3. The fraction of sp³-hybridized carbons (Fsp3) is 0.481. The number of hydrogen-bond donors (Lipinski definition) is 1. The molecule has 0 bridgehead atoms. The van der Waals surface area contributed by atoms with E-state index in [1.165, 1.54) is 10.6 Å². The smallest absolute Gasteiger partial charge is 0.242 e. The van der Waals surface area contributed by atoms with Gasteiger partial charge in [-0.2, -0.15) is 0 Å². The van der Waals surface area contributed by atoms with Crippen LogP contribution in [0.1, 0.15) is 56.7 Å². The second kappa shape index (κ2) is 12.7. The minimum Gasteiger partial charge on any atom is -0.352 e. The van der Waals surface area contributed by atoms with E-state index in [4.69, 9.17) is 0 Å². The highest BCUT2D eigenvalue weighted by Crippen LogP contribution is 2.23. The van der Waals surface area contributed by atoms with Crippen molar-refractivity contribution in [3.05, 3.63) is 65.2 Å². The van der Waals surface area contributed by atoms with E-state index in [-0.39, 0.29) is 30.8 Å². The summed E-state index contributed by atoms with van der Waals surface area (Å²) in [6.45, 7) is 10.0. The normalized spacial score (nSPS) is 13.1. The van der Waals surface area contributed by atoms with Crippen molar-refractivity contribution < 1.29 is 18.0 Å². The van der Waals surface area contributed by atoms with Gasteiger partial charge in [-0.15, -0.1) is 0 Å². The van der Waals surface area contributed by atoms with Crippen LogP contribution < -0.4 is 9.62 Å². The zero-order valence-electron chi connectivity index (χ0n) is 21.7. The Balaban J connectivity index is 2.18. The first-order valence-corrected chi connectivity index (χ1v) is 14.0. The van der Waals surface area contributed by atoms with Crippen LogP contribution in [0, 0.1) is 13.8 Å². The molecule has 0 spiro atoms. The van der Waals surface area contributed by atoms with Crippen LogP contribution in [0.4, 0.5) is 5.69 Å². The standard InChI is InChI=1S/C27H39N3O4S/c1-7-22(4)28-27(32)23(5)29(19-24-14-10-12-20(2)18-24)26(31)16-11-17-30(35(6,33)34)25-15-9-8-13-21(25)3/h8-10,12-15,18,22-23H,7,11,16-17,19H2,1-6H3,(H,28,32)/t22-,23+/m1/s1. The van der Waals surface area contributed by atoms with Crippen molar-refractivity contribution in [3.63, 3.8) is 0 Å². The first-order chi connectivity index (χ1) is 16.4. The van der Waals surface area contributed by atoms with Gasteiger partial charge in [0.15, 0.2) is 0 Å². The quantitative estimate of drug-likeness (QED) is 0.473. The summed E-state index contributed by atoms with van der Waals surface area (Å²) in [5.74, 6) is -0.380. The van der Waals surface area contributed by atoms with Gasteiger partial charge in [-0.3, -0.25) is 13.9 Å². The van der Waals surface area contributed by atoms with E-state index >= 15 is 0 Å². The SMILES string of the molecule is CC[C@@H](C)NC(=O)[C@H](C)N(Cc1cccc(C)c1)C(=O)CCCN(c1ccccc1C)S(C)(=O)=O. The Morgan fingerprint density at radius 2 is 1.71 bits per heavy atom. The van der Waals surface area contributed by atoms with Crippen molar-refractivity contribution in [1.82, 2.24) is 10.2 Å². The molecule has 2 aromatic rings. The van der Waals surface area contributed by atoms with Gasteiger partial charge in [0.1, 0.15) is 6.04 Å². The van der Waals surface area contributed by atoms with Crippen LogP contribution in [-0.2, 0) is 26.2 Å². The van der Waals surface area contributed by atoms with E-state index in [2.05, 4.69) is 5.32 Å². The third-order valence-corrected chi connectivity index (χ3v) is 7.32. The van der Waals surface area contributed by atoms with Crippen LogP contribution in [0.2, 0.25) is 0 Å². The van der Waals surface area contributed by atoms with Crippen molar-refractivity contribution in [2.75, 3.05) is 17.1 Å². The van der Waals surface area contributed by atoms with Gasteiger partial charge in [-0.25, -0.2) is 8.42 Å². The molecule has 2 atom stereocenters. The Morgan fingerprint density at radius 3 is 2.31 bits per heavy atom. The van der Waals surface area contributed by atoms with Gasteiger partial charge in [0.05, 0.1) is 11.9 Å². The van der Waals surface area contributed by atoms with Gasteiger partial charge in [-0.05, 0) is 57.7 Å². The van der Waals surface area contributed by atoms with Gasteiger partial charge in [-0.1, -0.05) is 55.0 Å². The summed E-state index contributed by atoms with van der Waals surface area (Å²) in [7, 11) is -3.51. The Hall–Kier alpha value is -2.87. The monoisotopic (exact) mass is 501 g/mol. The van der Waals surface area contributed by atoms with E-state index < -0.39 is 16.1 Å². The summed E-state index contributed by atoms with van der Waals surface area (Å²) < 4.78 is 26.3. The zero-order chi connectivity index (χ0) is 26.2. The summed E-state index contributed by atoms with van der Waals surface area (Å²) in [5.41, 5.74) is 3.48. The topological polar surface area (TPSA) is 86.8 Å². The molecule has 35 heavy (non-hydrogen) atoms. The Labute approximate surface area is 210 Å². The maximum absolute atomic E-state index is 13.3. The molecule has 0 aromatic heterocycles. The van der Waals surface area contributed by atoms with Crippen molar-refractivity contribution in [2.45, 2.75) is 72.5 Å². The molecule has 1 N–H and O–H groups in total. The van der Waals surface area contributed by atoms with Crippen LogP contribution in [0.5, 0.6) is 0 Å². The number of hydrogen-bond acceptors (Lipinski definition) is 4. The number of rotatable bonds is 12. The van der Waals surface area contributed by atoms with E-state index in [1.807, 2.05) is 64.1 Å². The van der Waals surface area contributed by atoms with E-state index in [1.54, 1.807) is 24.0 Å². The molecule has 0 aliphatic heterocycles. The molecule has 0 unspecified atom stereocenters. The summed E-state index contributed by atoms with van der Waals surface area (Å²) in [4.78, 5) is 27.8. The third-order valence-electron chi connectivity index (χ3n) is 6.14. The highest BCUT2D eigenvalue weighted by molar-refractivity contribution is 7.92. The van der Waals surface area contributed by atoms with Gasteiger partial charge in [0.2, 0.25) is 21.8 Å². The number of aryl methyl sites for hydroxylation is 2. The number of anilines is 1. The average molecular weight is 502 g/mol. The average Bonchev–Trinajstić information content (AvgIpc) is 2.79. The van der Waals surface area contributed by atoms with Crippen molar-refractivity contribution >= 4 is 27.5 Å². The molecular formula is C27H39N3O4S. The van der Waals surface area contributed by atoms with Crippen LogP contribution in [0.15, 0.2) is 48.5 Å². The Morgan fingerprint density at radius 1 is 1.03 bits per heavy atom. The number of nitrogens with zero attached hydrogens (tertiary/aromatic N) is 2. The molecule has 7 nitrogen and oxygen atoms in total.